The molecule has 0 saturated heterocycles. The van der Waals surface area contributed by atoms with E-state index in [-0.39, 0.29) is 5.91 Å². The lowest BCUT2D eigenvalue weighted by Crippen LogP contribution is -2.10. The van der Waals surface area contributed by atoms with Crippen LogP contribution in [-0.4, -0.2) is 5.91 Å². The summed E-state index contributed by atoms with van der Waals surface area (Å²) in [6, 6.07) is 11.3. The van der Waals surface area contributed by atoms with E-state index in [1.165, 1.54) is 11.3 Å². The van der Waals surface area contributed by atoms with Gasteiger partial charge in [0.05, 0.1) is 8.79 Å². The second-order valence-corrected chi connectivity index (χ2v) is 6.77. The van der Waals surface area contributed by atoms with Gasteiger partial charge in [0.15, 0.2) is 0 Å². The summed E-state index contributed by atoms with van der Waals surface area (Å²) in [5.41, 5.74) is 0.671. The Morgan fingerprint density at radius 2 is 1.88 bits per heavy atom. The summed E-state index contributed by atoms with van der Waals surface area (Å²) in [5.74, 6) is -0.0780. The third-order valence-corrected chi connectivity index (χ3v) is 4.17. The van der Waals surface area contributed by atoms with E-state index in [4.69, 9.17) is 0 Å². The summed E-state index contributed by atoms with van der Waals surface area (Å²) in [7, 11) is 0. The quantitative estimate of drug-likeness (QED) is 0.736. The van der Waals surface area contributed by atoms with Gasteiger partial charge in [0.2, 0.25) is 0 Å². The third-order valence-electron chi connectivity index (χ3n) is 1.92. The Kier molecular flexibility index (Phi) is 3.99. The van der Waals surface area contributed by atoms with Crippen LogP contribution in [0.15, 0.2) is 40.2 Å². The molecule has 0 aliphatic rings. The first-order valence-electron chi connectivity index (χ1n) is 4.47. The van der Waals surface area contributed by atoms with Crippen molar-refractivity contribution in [1.29, 1.82) is 0 Å². The van der Waals surface area contributed by atoms with E-state index in [1.54, 1.807) is 0 Å². The van der Waals surface area contributed by atoms with Gasteiger partial charge in [-0.25, -0.2) is 0 Å². The minimum absolute atomic E-state index is 0.0780. The summed E-state index contributed by atoms with van der Waals surface area (Å²) in [5, 5.41) is 3.69. The normalized spacial score (nSPS) is 10.1. The molecule has 1 aromatic heterocycles. The fraction of sp³-hybridized carbons (Fsp3) is 0. The molecule has 1 amide bonds. The number of carbonyl (C=O) groups is 1. The van der Waals surface area contributed by atoms with E-state index in [0.29, 0.717) is 5.56 Å². The van der Waals surface area contributed by atoms with Crippen molar-refractivity contribution in [2.45, 2.75) is 0 Å². The molecule has 1 N–H and O–H groups in total. The van der Waals surface area contributed by atoms with Crippen molar-refractivity contribution >= 4 is 60.8 Å². The van der Waals surface area contributed by atoms with Crippen molar-refractivity contribution in [3.05, 3.63) is 49.3 Å². The molecular formula is C11H7BrINOS. The second kappa shape index (κ2) is 5.29. The van der Waals surface area contributed by atoms with Crippen molar-refractivity contribution in [3.63, 3.8) is 0 Å². The Morgan fingerprint density at radius 3 is 2.44 bits per heavy atom. The third kappa shape index (κ3) is 3.05. The highest BCUT2D eigenvalue weighted by molar-refractivity contribution is 14.1. The van der Waals surface area contributed by atoms with Crippen LogP contribution in [0.5, 0.6) is 0 Å². The predicted octanol–water partition coefficient (Wildman–Crippen LogP) is 4.37. The van der Waals surface area contributed by atoms with Crippen molar-refractivity contribution < 1.29 is 4.79 Å². The maximum Gasteiger partial charge on any atom is 0.256 e. The molecular weight excluding hydrogens is 401 g/mol. The first kappa shape index (κ1) is 12.1. The van der Waals surface area contributed by atoms with Gasteiger partial charge in [0.25, 0.3) is 5.91 Å². The molecule has 0 unspecified atom stereocenters. The molecule has 0 aliphatic carbocycles. The number of hydrogen-bond donors (Lipinski definition) is 1. The van der Waals surface area contributed by atoms with E-state index in [0.717, 1.165) is 12.4 Å². The van der Waals surface area contributed by atoms with E-state index in [1.807, 2.05) is 36.4 Å². The molecule has 2 rings (SSSR count). The molecule has 0 saturated carbocycles. The lowest BCUT2D eigenvalue weighted by Gasteiger charge is -2.02. The van der Waals surface area contributed by atoms with E-state index in [9.17, 15) is 4.79 Å². The van der Waals surface area contributed by atoms with E-state index < -0.39 is 0 Å². The van der Waals surface area contributed by atoms with Gasteiger partial charge in [-0.2, -0.15) is 0 Å². The molecule has 0 fully saturated rings. The molecule has 1 heterocycles. The maximum absolute atomic E-state index is 11.8. The largest absolute Gasteiger partial charge is 0.314 e. The van der Waals surface area contributed by atoms with Gasteiger partial charge in [-0.3, -0.25) is 4.79 Å². The summed E-state index contributed by atoms with van der Waals surface area (Å²) in [4.78, 5) is 11.8. The van der Waals surface area contributed by atoms with Gasteiger partial charge in [-0.1, -0.05) is 0 Å². The van der Waals surface area contributed by atoms with Crippen LogP contribution in [0.25, 0.3) is 0 Å². The van der Waals surface area contributed by atoms with Crippen LogP contribution in [0, 0.1) is 3.57 Å². The van der Waals surface area contributed by atoms with Crippen LogP contribution in [-0.2, 0) is 0 Å². The number of halogens is 2. The van der Waals surface area contributed by atoms with Crippen LogP contribution < -0.4 is 5.32 Å². The Bertz CT molecular complexity index is 509. The fourth-order valence-electron chi connectivity index (χ4n) is 1.17. The average molecular weight is 408 g/mol. The smallest absolute Gasteiger partial charge is 0.256 e. The lowest BCUT2D eigenvalue weighted by molar-refractivity contribution is 0.102. The zero-order chi connectivity index (χ0) is 11.5. The molecule has 5 heteroatoms. The highest BCUT2D eigenvalue weighted by Gasteiger charge is 2.06. The summed E-state index contributed by atoms with van der Waals surface area (Å²) in [6.45, 7) is 0. The van der Waals surface area contributed by atoms with Gasteiger partial charge >= 0.3 is 0 Å². The standard InChI is InChI=1S/C11H7BrINOS/c12-9-5-6-10(16-9)14-11(15)7-1-3-8(13)4-2-7/h1-6H,(H,14,15). The Hall–Kier alpha value is -0.400. The highest BCUT2D eigenvalue weighted by Crippen LogP contribution is 2.26. The fourth-order valence-corrected chi connectivity index (χ4v) is 2.81. The predicted molar refractivity (Wildman–Crippen MR) is 79.1 cm³/mol. The van der Waals surface area contributed by atoms with E-state index in [2.05, 4.69) is 43.8 Å². The molecule has 0 spiro atoms. The topological polar surface area (TPSA) is 29.1 Å². The van der Waals surface area contributed by atoms with Crippen molar-refractivity contribution in [2.24, 2.45) is 0 Å². The minimum atomic E-state index is -0.0780. The number of benzene rings is 1. The number of nitrogens with one attached hydrogen (secondary N) is 1. The average Bonchev–Trinajstić information content (AvgIpc) is 2.65. The van der Waals surface area contributed by atoms with Gasteiger partial charge < -0.3 is 5.32 Å². The summed E-state index contributed by atoms with van der Waals surface area (Å²) < 4.78 is 2.12. The molecule has 2 aromatic rings. The molecule has 0 atom stereocenters. The second-order valence-electron chi connectivity index (χ2n) is 3.06. The molecule has 0 radical (unpaired) electrons. The number of hydrogen-bond acceptors (Lipinski definition) is 2. The van der Waals surface area contributed by atoms with Crippen LogP contribution in [0.2, 0.25) is 0 Å². The Morgan fingerprint density at radius 1 is 1.19 bits per heavy atom. The van der Waals surface area contributed by atoms with Gasteiger partial charge in [-0.15, -0.1) is 11.3 Å². The summed E-state index contributed by atoms with van der Waals surface area (Å²) in [6.07, 6.45) is 0. The van der Waals surface area contributed by atoms with Crippen LogP contribution in [0.4, 0.5) is 5.00 Å². The van der Waals surface area contributed by atoms with E-state index >= 15 is 0 Å². The highest BCUT2D eigenvalue weighted by atomic mass is 127. The molecule has 2 nitrogen and oxygen atoms in total. The molecule has 0 bridgehead atoms. The zero-order valence-electron chi connectivity index (χ0n) is 8.04. The number of carbonyl (C=O) groups excluding carboxylic acids is 1. The SMILES string of the molecule is O=C(Nc1ccc(Br)s1)c1ccc(I)cc1. The Labute approximate surface area is 119 Å². The first-order chi connectivity index (χ1) is 7.65. The molecule has 1 aromatic carbocycles. The van der Waals surface area contributed by atoms with Crippen LogP contribution >= 0.6 is 49.9 Å². The van der Waals surface area contributed by atoms with Crippen LogP contribution in [0.1, 0.15) is 10.4 Å². The maximum atomic E-state index is 11.8. The van der Waals surface area contributed by atoms with Gasteiger partial charge in [0.1, 0.15) is 0 Å². The minimum Gasteiger partial charge on any atom is -0.314 e. The van der Waals surface area contributed by atoms with Crippen molar-refractivity contribution in [1.82, 2.24) is 0 Å². The number of rotatable bonds is 2. The van der Waals surface area contributed by atoms with Gasteiger partial charge in [0, 0.05) is 9.13 Å². The Balaban J connectivity index is 2.11. The summed E-state index contributed by atoms with van der Waals surface area (Å²) >= 11 is 7.06. The number of thiophene rings is 1. The first-order valence-corrected chi connectivity index (χ1v) is 7.16. The van der Waals surface area contributed by atoms with Crippen molar-refractivity contribution in [3.8, 4) is 0 Å². The van der Waals surface area contributed by atoms with Crippen molar-refractivity contribution in [2.75, 3.05) is 5.32 Å². The number of anilines is 1. The monoisotopic (exact) mass is 407 g/mol. The lowest BCUT2D eigenvalue weighted by atomic mass is 10.2. The molecule has 82 valence electrons. The number of amides is 1. The molecule has 16 heavy (non-hydrogen) atoms. The molecule has 0 aliphatic heterocycles. The zero-order valence-corrected chi connectivity index (χ0v) is 12.6. The van der Waals surface area contributed by atoms with Gasteiger partial charge in [-0.05, 0) is 74.9 Å². The van der Waals surface area contributed by atoms with Crippen LogP contribution in [0.3, 0.4) is 0 Å².